The first-order valence-corrected chi connectivity index (χ1v) is 12.1. The fourth-order valence-corrected chi connectivity index (χ4v) is 4.14. The van der Waals surface area contributed by atoms with E-state index in [4.69, 9.17) is 11.6 Å². The first kappa shape index (κ1) is 25.5. The second-order valence-corrected chi connectivity index (χ2v) is 9.37. The number of aryl methyl sites for hydroxylation is 2. The van der Waals surface area contributed by atoms with E-state index in [2.05, 4.69) is 5.32 Å². The summed E-state index contributed by atoms with van der Waals surface area (Å²) >= 11 is 6.32. The zero-order valence-electron chi connectivity index (χ0n) is 20.1. The van der Waals surface area contributed by atoms with E-state index in [1.165, 1.54) is 0 Å². The minimum absolute atomic E-state index is 0.0229. The molecule has 0 radical (unpaired) electrons. The predicted octanol–water partition coefficient (Wildman–Crippen LogP) is 5.75. The normalized spacial score (nSPS) is 11.8. The lowest BCUT2D eigenvalue weighted by Gasteiger charge is -2.32. The van der Waals surface area contributed by atoms with Crippen LogP contribution >= 0.6 is 11.6 Å². The minimum atomic E-state index is -0.621. The van der Waals surface area contributed by atoms with Crippen molar-refractivity contribution in [1.29, 1.82) is 0 Å². The number of nitrogens with zero attached hydrogens (tertiary/aromatic N) is 1. The largest absolute Gasteiger partial charge is 0.352 e. The molecular formula is C29H33ClN2O2. The van der Waals surface area contributed by atoms with Gasteiger partial charge in [0.25, 0.3) is 0 Å². The Morgan fingerprint density at radius 2 is 1.53 bits per heavy atom. The molecule has 0 aliphatic rings. The van der Waals surface area contributed by atoms with E-state index in [9.17, 15) is 9.59 Å². The van der Waals surface area contributed by atoms with Gasteiger partial charge in [0.05, 0.1) is 0 Å². The van der Waals surface area contributed by atoms with Crippen LogP contribution in [0, 0.1) is 6.92 Å². The van der Waals surface area contributed by atoms with Crippen LogP contribution in [0.2, 0.25) is 5.02 Å². The Morgan fingerprint density at radius 3 is 2.18 bits per heavy atom. The van der Waals surface area contributed by atoms with Crippen LogP contribution in [0.1, 0.15) is 42.5 Å². The quantitative estimate of drug-likeness (QED) is 0.405. The van der Waals surface area contributed by atoms with Gasteiger partial charge in [-0.15, -0.1) is 0 Å². The van der Waals surface area contributed by atoms with Gasteiger partial charge in [0.1, 0.15) is 6.04 Å². The number of hydrogen-bond acceptors (Lipinski definition) is 2. The van der Waals surface area contributed by atoms with Crippen LogP contribution in [0.3, 0.4) is 0 Å². The maximum Gasteiger partial charge on any atom is 0.243 e. The van der Waals surface area contributed by atoms with E-state index < -0.39 is 6.04 Å². The third-order valence-corrected chi connectivity index (χ3v) is 6.11. The highest BCUT2D eigenvalue weighted by molar-refractivity contribution is 6.31. The van der Waals surface area contributed by atoms with E-state index >= 15 is 0 Å². The van der Waals surface area contributed by atoms with Crippen molar-refractivity contribution in [3.05, 3.63) is 106 Å². The molecule has 0 saturated heterocycles. The molecule has 34 heavy (non-hydrogen) atoms. The molecule has 5 heteroatoms. The lowest BCUT2D eigenvalue weighted by atomic mass is 10.0. The molecule has 2 amide bonds. The predicted molar refractivity (Wildman–Crippen MR) is 139 cm³/mol. The van der Waals surface area contributed by atoms with E-state index in [1.807, 2.05) is 99.6 Å². The average Bonchev–Trinajstić information content (AvgIpc) is 2.82. The summed E-state index contributed by atoms with van der Waals surface area (Å²) in [6.07, 6.45) is 1.24. The van der Waals surface area contributed by atoms with E-state index in [1.54, 1.807) is 4.90 Å². The van der Waals surface area contributed by atoms with Crippen LogP contribution in [0.5, 0.6) is 0 Å². The Balaban J connectivity index is 1.91. The summed E-state index contributed by atoms with van der Waals surface area (Å²) in [6.45, 7) is 6.26. The van der Waals surface area contributed by atoms with Gasteiger partial charge in [-0.25, -0.2) is 0 Å². The molecule has 0 aromatic heterocycles. The van der Waals surface area contributed by atoms with Gasteiger partial charge in [0.15, 0.2) is 0 Å². The number of amides is 2. The smallest absolute Gasteiger partial charge is 0.243 e. The molecule has 0 heterocycles. The lowest BCUT2D eigenvalue weighted by molar-refractivity contribution is -0.141. The third kappa shape index (κ3) is 7.46. The standard InChI is InChI=1S/C29H33ClN2O2/c1-21(2)31-29(34)27(19-23-9-5-4-6-10-23)32(20-24-15-13-22(3)14-16-24)28(33)18-17-25-11-7-8-12-26(25)30/h4-16,21,27H,17-20H2,1-3H3,(H,31,34)/t27-/m1/s1. The van der Waals surface area contributed by atoms with E-state index in [0.29, 0.717) is 24.4 Å². The van der Waals surface area contributed by atoms with Crippen molar-refractivity contribution in [2.75, 3.05) is 0 Å². The number of carbonyl (C=O) groups is 2. The zero-order chi connectivity index (χ0) is 24.5. The summed E-state index contributed by atoms with van der Waals surface area (Å²) in [4.78, 5) is 28.7. The molecule has 4 nitrogen and oxygen atoms in total. The zero-order valence-corrected chi connectivity index (χ0v) is 20.9. The van der Waals surface area contributed by atoms with Gasteiger partial charge in [0, 0.05) is 30.5 Å². The highest BCUT2D eigenvalue weighted by atomic mass is 35.5. The second kappa shape index (κ2) is 12.4. The maximum atomic E-state index is 13.6. The Labute approximate surface area is 207 Å². The molecule has 0 saturated carbocycles. The molecule has 0 aliphatic carbocycles. The van der Waals surface area contributed by atoms with Crippen LogP contribution in [-0.4, -0.2) is 28.8 Å². The molecule has 1 N–H and O–H groups in total. The van der Waals surface area contributed by atoms with Crippen LogP contribution in [-0.2, 0) is 29.0 Å². The fourth-order valence-electron chi connectivity index (χ4n) is 3.91. The van der Waals surface area contributed by atoms with Crippen molar-refractivity contribution < 1.29 is 9.59 Å². The minimum Gasteiger partial charge on any atom is -0.352 e. The molecule has 3 aromatic rings. The Morgan fingerprint density at radius 1 is 0.882 bits per heavy atom. The van der Waals surface area contributed by atoms with Gasteiger partial charge >= 0.3 is 0 Å². The number of nitrogens with one attached hydrogen (secondary N) is 1. The molecular weight excluding hydrogens is 444 g/mol. The molecule has 0 fully saturated rings. The molecule has 178 valence electrons. The van der Waals surface area contributed by atoms with Crippen molar-refractivity contribution in [2.24, 2.45) is 0 Å². The van der Waals surface area contributed by atoms with Crippen LogP contribution in [0.25, 0.3) is 0 Å². The fraction of sp³-hybridized carbons (Fsp3) is 0.310. The summed E-state index contributed by atoms with van der Waals surface area (Å²) in [6, 6.07) is 24.9. The number of benzene rings is 3. The molecule has 0 bridgehead atoms. The number of rotatable bonds is 10. The van der Waals surface area contributed by atoms with E-state index in [-0.39, 0.29) is 24.3 Å². The van der Waals surface area contributed by atoms with Gasteiger partial charge in [-0.05, 0) is 49.9 Å². The first-order chi connectivity index (χ1) is 16.3. The Kier molecular flexibility index (Phi) is 9.29. The van der Waals surface area contributed by atoms with Gasteiger partial charge in [-0.2, -0.15) is 0 Å². The van der Waals surface area contributed by atoms with Crippen LogP contribution in [0.4, 0.5) is 0 Å². The Hall–Kier alpha value is -3.11. The molecule has 0 aliphatic heterocycles. The van der Waals surface area contributed by atoms with Gasteiger partial charge in [0.2, 0.25) is 11.8 Å². The molecule has 3 rings (SSSR count). The summed E-state index contributed by atoms with van der Waals surface area (Å²) in [5.41, 5.74) is 4.09. The van der Waals surface area contributed by atoms with Crippen molar-refractivity contribution in [3.8, 4) is 0 Å². The molecule has 0 unspecified atom stereocenters. The molecule has 1 atom stereocenters. The summed E-state index contributed by atoms with van der Waals surface area (Å²) in [5.74, 6) is -0.211. The first-order valence-electron chi connectivity index (χ1n) is 11.8. The average molecular weight is 477 g/mol. The SMILES string of the molecule is Cc1ccc(CN(C(=O)CCc2ccccc2Cl)[C@H](Cc2ccccc2)C(=O)NC(C)C)cc1. The maximum absolute atomic E-state index is 13.6. The van der Waals surface area contributed by atoms with Crippen molar-refractivity contribution in [3.63, 3.8) is 0 Å². The summed E-state index contributed by atoms with van der Waals surface area (Å²) in [5, 5.41) is 3.67. The van der Waals surface area contributed by atoms with Crippen molar-refractivity contribution in [1.82, 2.24) is 10.2 Å². The van der Waals surface area contributed by atoms with Crippen LogP contribution in [0.15, 0.2) is 78.9 Å². The summed E-state index contributed by atoms with van der Waals surface area (Å²) < 4.78 is 0. The Bertz CT molecular complexity index is 1080. The van der Waals surface area contributed by atoms with Gasteiger partial charge in [-0.1, -0.05) is 90.0 Å². The summed E-state index contributed by atoms with van der Waals surface area (Å²) in [7, 11) is 0. The lowest BCUT2D eigenvalue weighted by Crippen LogP contribution is -2.51. The highest BCUT2D eigenvalue weighted by Gasteiger charge is 2.30. The second-order valence-electron chi connectivity index (χ2n) is 8.97. The van der Waals surface area contributed by atoms with Gasteiger partial charge < -0.3 is 10.2 Å². The number of halogens is 1. The molecule has 3 aromatic carbocycles. The van der Waals surface area contributed by atoms with Crippen molar-refractivity contribution in [2.45, 2.75) is 58.7 Å². The van der Waals surface area contributed by atoms with Gasteiger partial charge in [-0.3, -0.25) is 9.59 Å². The van der Waals surface area contributed by atoms with Crippen molar-refractivity contribution >= 4 is 23.4 Å². The molecule has 0 spiro atoms. The van der Waals surface area contributed by atoms with Crippen LogP contribution < -0.4 is 5.32 Å². The topological polar surface area (TPSA) is 49.4 Å². The monoisotopic (exact) mass is 476 g/mol. The highest BCUT2D eigenvalue weighted by Crippen LogP contribution is 2.20. The number of hydrogen-bond donors (Lipinski definition) is 1. The number of carbonyl (C=O) groups excluding carboxylic acids is 2. The van der Waals surface area contributed by atoms with E-state index in [0.717, 1.165) is 22.3 Å². The third-order valence-electron chi connectivity index (χ3n) is 5.74.